The first kappa shape index (κ1) is 39.6. The van der Waals surface area contributed by atoms with Crippen LogP contribution in [0.3, 0.4) is 0 Å². The van der Waals surface area contributed by atoms with Crippen LogP contribution in [0.15, 0.2) is 29.2 Å². The molecule has 0 aliphatic heterocycles. The molecule has 0 aliphatic rings. The van der Waals surface area contributed by atoms with Gasteiger partial charge in [0.2, 0.25) is 0 Å². The van der Waals surface area contributed by atoms with Gasteiger partial charge in [0.05, 0.1) is 29.5 Å². The van der Waals surface area contributed by atoms with Gasteiger partial charge in [0.25, 0.3) is 0 Å². The molecule has 0 heterocycles. The lowest BCUT2D eigenvalue weighted by Gasteiger charge is -2.28. The van der Waals surface area contributed by atoms with Gasteiger partial charge in [0.1, 0.15) is 10.1 Å². The van der Waals surface area contributed by atoms with Gasteiger partial charge in [-0.25, -0.2) is 8.42 Å². The molecule has 0 N–H and O–H groups in total. The molecule has 1 aromatic carbocycles. The van der Waals surface area contributed by atoms with E-state index in [4.69, 9.17) is 0 Å². The number of hydrogen-bond acceptors (Lipinski definition) is 3. The lowest BCUT2D eigenvalue weighted by atomic mass is 10.0. The molecule has 236 valence electrons. The Labute approximate surface area is 252 Å². The molecule has 1 aromatic rings. The summed E-state index contributed by atoms with van der Waals surface area (Å²) in [6.45, 7) is 11.3. The molecule has 0 spiro atoms. The van der Waals surface area contributed by atoms with E-state index in [1.807, 2.05) is 6.92 Å². The van der Waals surface area contributed by atoms with Crippen LogP contribution >= 0.6 is 7.26 Å². The van der Waals surface area contributed by atoms with E-state index in [0.717, 1.165) is 5.56 Å². The summed E-state index contributed by atoms with van der Waals surface area (Å²) in [5.74, 6) is 0. The molecule has 0 fully saturated rings. The van der Waals surface area contributed by atoms with Crippen molar-refractivity contribution in [3.63, 3.8) is 0 Å². The minimum Gasteiger partial charge on any atom is -0.744 e. The molecule has 0 bridgehead atoms. The Morgan fingerprint density at radius 3 is 1.12 bits per heavy atom. The second-order valence-corrected chi connectivity index (χ2v) is 18.0. The first-order valence-electron chi connectivity index (χ1n) is 17.1. The molecule has 0 saturated heterocycles. The number of rotatable bonds is 25. The lowest BCUT2D eigenvalue weighted by molar-refractivity contribution is 0.463. The molecular weight excluding hydrogens is 531 g/mol. The van der Waals surface area contributed by atoms with E-state index in [1.165, 1.54) is 134 Å². The van der Waals surface area contributed by atoms with E-state index >= 15 is 0 Å². The standard InChI is InChI=1S/C28H60P.C7H8O3S/c1-5-9-13-14-15-16-17-18-19-20-21-22-23-24-28-29(25-10-6-2,26-11-7-3)27-12-8-4;1-6-2-4-7(5-3-6)11(8,9)10/h5-28H2,1-4H3;2-5H,1H3,(H,8,9,10)/q+1;/p-1. The number of hydrogen-bond donors (Lipinski definition) is 0. The molecular formula is C35H67O3PS. The highest BCUT2D eigenvalue weighted by Gasteiger charge is 2.34. The third-order valence-electron chi connectivity index (χ3n) is 8.25. The minimum absolute atomic E-state index is 0.178. The van der Waals surface area contributed by atoms with Crippen LogP contribution in [0.2, 0.25) is 0 Å². The summed E-state index contributed by atoms with van der Waals surface area (Å²) < 4.78 is 31.2. The van der Waals surface area contributed by atoms with Gasteiger partial charge in [0, 0.05) is 7.26 Å². The third kappa shape index (κ3) is 22.2. The maximum atomic E-state index is 10.4. The van der Waals surface area contributed by atoms with Crippen molar-refractivity contribution in [3.8, 4) is 0 Å². The summed E-state index contributed by atoms with van der Waals surface area (Å²) in [7, 11) is -4.90. The van der Waals surface area contributed by atoms with Gasteiger partial charge < -0.3 is 4.55 Å². The summed E-state index contributed by atoms with van der Waals surface area (Å²) >= 11 is 0. The Bertz CT molecular complexity index is 755. The zero-order valence-electron chi connectivity index (χ0n) is 27.4. The fourth-order valence-electron chi connectivity index (χ4n) is 5.50. The van der Waals surface area contributed by atoms with Crippen molar-refractivity contribution in [1.82, 2.24) is 0 Å². The first-order chi connectivity index (χ1) is 19.2. The highest BCUT2D eigenvalue weighted by molar-refractivity contribution is 7.85. The maximum Gasteiger partial charge on any atom is 0.124 e. The van der Waals surface area contributed by atoms with Gasteiger partial charge in [-0.1, -0.05) is 142 Å². The normalized spacial score (nSPS) is 11.8. The molecule has 0 amide bonds. The Morgan fingerprint density at radius 2 is 0.800 bits per heavy atom. The molecule has 0 saturated carbocycles. The van der Waals surface area contributed by atoms with Crippen LogP contribution in [0.5, 0.6) is 0 Å². The Morgan fingerprint density at radius 1 is 0.500 bits per heavy atom. The second-order valence-electron chi connectivity index (χ2n) is 12.2. The Balaban J connectivity index is 0.00000114. The highest BCUT2D eigenvalue weighted by atomic mass is 32.2. The van der Waals surface area contributed by atoms with Crippen LogP contribution in [-0.2, 0) is 10.1 Å². The number of benzene rings is 1. The second kappa shape index (κ2) is 26.2. The number of aryl methyl sites for hydroxylation is 1. The minimum atomic E-state index is -4.27. The van der Waals surface area contributed by atoms with Crippen molar-refractivity contribution in [2.24, 2.45) is 0 Å². The predicted octanol–water partition coefficient (Wildman–Crippen LogP) is 11.8. The summed E-state index contributed by atoms with van der Waals surface area (Å²) in [6.07, 6.45) is 36.0. The third-order valence-corrected chi connectivity index (χ3v) is 14.2. The average Bonchev–Trinajstić information content (AvgIpc) is 2.94. The molecule has 1 rings (SSSR count). The largest absolute Gasteiger partial charge is 0.744 e. The van der Waals surface area contributed by atoms with Crippen LogP contribution in [0.25, 0.3) is 0 Å². The Kier molecular flexibility index (Phi) is 25.9. The molecule has 5 heteroatoms. The van der Waals surface area contributed by atoms with Crippen LogP contribution in [-0.4, -0.2) is 37.6 Å². The van der Waals surface area contributed by atoms with Gasteiger partial charge in [-0.2, -0.15) is 0 Å². The van der Waals surface area contributed by atoms with Gasteiger partial charge >= 0.3 is 0 Å². The summed E-state index contributed by atoms with van der Waals surface area (Å²) in [6, 6.07) is 5.78. The van der Waals surface area contributed by atoms with Crippen molar-refractivity contribution in [2.75, 3.05) is 24.6 Å². The average molecular weight is 599 g/mol. The maximum absolute atomic E-state index is 10.4. The zero-order valence-corrected chi connectivity index (χ0v) is 29.1. The van der Waals surface area contributed by atoms with E-state index in [-0.39, 0.29) is 4.90 Å². The monoisotopic (exact) mass is 598 g/mol. The van der Waals surface area contributed by atoms with E-state index in [9.17, 15) is 13.0 Å². The molecule has 0 aliphatic carbocycles. The van der Waals surface area contributed by atoms with Crippen LogP contribution in [0.1, 0.15) is 162 Å². The van der Waals surface area contributed by atoms with Crippen molar-refractivity contribution in [2.45, 2.75) is 168 Å². The lowest BCUT2D eigenvalue weighted by Crippen LogP contribution is -2.13. The van der Waals surface area contributed by atoms with Crippen LogP contribution in [0.4, 0.5) is 0 Å². The van der Waals surface area contributed by atoms with Crippen LogP contribution in [0, 0.1) is 6.92 Å². The van der Waals surface area contributed by atoms with Crippen molar-refractivity contribution in [3.05, 3.63) is 29.8 Å². The fourth-order valence-corrected chi connectivity index (χ4v) is 11.2. The summed E-state index contributed by atoms with van der Waals surface area (Å²) in [4.78, 5) is -0.178. The summed E-state index contributed by atoms with van der Waals surface area (Å²) in [5, 5.41) is 0. The van der Waals surface area contributed by atoms with Crippen LogP contribution < -0.4 is 0 Å². The highest BCUT2D eigenvalue weighted by Crippen LogP contribution is 2.61. The van der Waals surface area contributed by atoms with E-state index < -0.39 is 17.4 Å². The Hall–Kier alpha value is -0.440. The topological polar surface area (TPSA) is 57.2 Å². The molecule has 40 heavy (non-hydrogen) atoms. The molecule has 0 atom stereocenters. The quantitative estimate of drug-likeness (QED) is 0.0639. The van der Waals surface area contributed by atoms with E-state index in [1.54, 1.807) is 43.2 Å². The predicted molar refractivity (Wildman–Crippen MR) is 181 cm³/mol. The molecule has 0 unspecified atom stereocenters. The van der Waals surface area contributed by atoms with Gasteiger partial charge in [-0.15, -0.1) is 0 Å². The van der Waals surface area contributed by atoms with Gasteiger partial charge in [0.15, 0.2) is 0 Å². The van der Waals surface area contributed by atoms with Gasteiger partial charge in [-0.3, -0.25) is 0 Å². The zero-order chi connectivity index (χ0) is 30.0. The van der Waals surface area contributed by atoms with E-state index in [0.29, 0.717) is 0 Å². The van der Waals surface area contributed by atoms with Crippen molar-refractivity contribution >= 4 is 17.4 Å². The van der Waals surface area contributed by atoms with Gasteiger partial charge in [-0.05, 0) is 51.2 Å². The molecule has 0 radical (unpaired) electrons. The van der Waals surface area contributed by atoms with E-state index in [2.05, 4.69) is 27.7 Å². The smallest absolute Gasteiger partial charge is 0.124 e. The van der Waals surface area contributed by atoms with Crippen molar-refractivity contribution in [1.29, 1.82) is 0 Å². The fraction of sp³-hybridized carbons (Fsp3) is 0.829. The number of unbranched alkanes of at least 4 members (excludes halogenated alkanes) is 16. The van der Waals surface area contributed by atoms with Crippen molar-refractivity contribution < 1.29 is 13.0 Å². The SMILES string of the molecule is CCCCCCCCCCCCCCCC[P+](CCCC)(CCCC)CCCC.Cc1ccc(S(=O)(=O)[O-])cc1. The summed E-state index contributed by atoms with van der Waals surface area (Å²) in [5.41, 5.74) is 0.928. The first-order valence-corrected chi connectivity index (χ1v) is 21.1. The molecule has 3 nitrogen and oxygen atoms in total. The molecule has 0 aromatic heterocycles.